The lowest BCUT2D eigenvalue weighted by molar-refractivity contribution is -0.121. The fraction of sp³-hybridized carbons (Fsp3) is 0.333. The number of anilines is 1. The van der Waals surface area contributed by atoms with Crippen LogP contribution in [-0.4, -0.2) is 60.7 Å². The van der Waals surface area contributed by atoms with Crippen molar-refractivity contribution in [3.05, 3.63) is 51.6 Å². The predicted octanol–water partition coefficient (Wildman–Crippen LogP) is 3.38. The lowest BCUT2D eigenvalue weighted by Crippen LogP contribution is -2.54. The molecule has 0 spiro atoms. The Morgan fingerprint density at radius 2 is 1.72 bits per heavy atom. The molecule has 1 aromatic carbocycles. The van der Waals surface area contributed by atoms with Crippen LogP contribution in [0.5, 0.6) is 0 Å². The van der Waals surface area contributed by atoms with Crippen LogP contribution in [0.15, 0.2) is 41.4 Å². The van der Waals surface area contributed by atoms with Gasteiger partial charge in [0.1, 0.15) is 10.7 Å². The zero-order chi connectivity index (χ0) is 21.2. The Kier molecular flexibility index (Phi) is 7.03. The lowest BCUT2D eigenvalue weighted by atomic mass is 10.2. The van der Waals surface area contributed by atoms with E-state index in [0.29, 0.717) is 29.0 Å². The number of hydrogen-bond donors (Lipinski definition) is 1. The van der Waals surface area contributed by atoms with Gasteiger partial charge in [-0.1, -0.05) is 34.8 Å². The number of sulfonamides is 1. The highest BCUT2D eigenvalue weighted by atomic mass is 35.5. The minimum atomic E-state index is -3.77. The molecule has 0 saturated carbocycles. The molecule has 1 amide bonds. The van der Waals surface area contributed by atoms with Crippen LogP contribution in [0.2, 0.25) is 15.1 Å². The Bertz CT molecular complexity index is 994. The van der Waals surface area contributed by atoms with Crippen LogP contribution in [0.3, 0.4) is 0 Å². The van der Waals surface area contributed by atoms with Crippen LogP contribution in [0.1, 0.15) is 6.92 Å². The van der Waals surface area contributed by atoms with Crippen molar-refractivity contribution in [2.24, 2.45) is 0 Å². The third kappa shape index (κ3) is 5.20. The summed E-state index contributed by atoms with van der Waals surface area (Å²) in [5.74, 6) is 0.178. The number of halogens is 3. The molecular weight excluding hydrogens is 459 g/mol. The van der Waals surface area contributed by atoms with Gasteiger partial charge in [0, 0.05) is 37.4 Å². The summed E-state index contributed by atoms with van der Waals surface area (Å²) in [4.78, 5) is 18.4. The number of rotatable bonds is 5. The number of carbonyl (C=O) groups excluding carboxylic acids is 1. The molecule has 11 heteroatoms. The highest BCUT2D eigenvalue weighted by molar-refractivity contribution is 7.89. The molecule has 1 N–H and O–H groups in total. The third-order valence-corrected chi connectivity index (χ3v) is 7.53. The first-order valence-electron chi connectivity index (χ1n) is 8.80. The standard InChI is InChI=1S/C18H19Cl3N4O3S/c1-12(18(26)23-17-5-3-14(20)11-22-17)24-6-8-25(9-7-24)29(27,28)16-10-13(19)2-4-15(16)21/h2-5,10-12H,6-9H2,1H3,(H,22,23,26)/t12-/m0/s1. The van der Waals surface area contributed by atoms with E-state index in [1.165, 1.54) is 28.7 Å². The van der Waals surface area contributed by atoms with Gasteiger partial charge in [-0.3, -0.25) is 9.69 Å². The number of hydrogen-bond acceptors (Lipinski definition) is 5. The number of aromatic nitrogens is 1. The van der Waals surface area contributed by atoms with Crippen LogP contribution in [0.25, 0.3) is 0 Å². The van der Waals surface area contributed by atoms with E-state index >= 15 is 0 Å². The van der Waals surface area contributed by atoms with E-state index in [-0.39, 0.29) is 28.9 Å². The van der Waals surface area contributed by atoms with Crippen LogP contribution in [-0.2, 0) is 14.8 Å². The van der Waals surface area contributed by atoms with Crippen LogP contribution in [0.4, 0.5) is 5.82 Å². The molecule has 156 valence electrons. The second-order valence-electron chi connectivity index (χ2n) is 6.54. The van der Waals surface area contributed by atoms with E-state index in [4.69, 9.17) is 34.8 Å². The molecule has 0 aliphatic carbocycles. The molecule has 1 aliphatic heterocycles. The van der Waals surface area contributed by atoms with E-state index in [9.17, 15) is 13.2 Å². The predicted molar refractivity (Wildman–Crippen MR) is 114 cm³/mol. The average Bonchev–Trinajstić information content (AvgIpc) is 2.71. The van der Waals surface area contributed by atoms with E-state index < -0.39 is 16.1 Å². The number of pyridine rings is 1. The molecule has 29 heavy (non-hydrogen) atoms. The highest BCUT2D eigenvalue weighted by Gasteiger charge is 2.33. The van der Waals surface area contributed by atoms with Gasteiger partial charge in [0.05, 0.1) is 16.1 Å². The first kappa shape index (κ1) is 22.3. The molecule has 2 heterocycles. The largest absolute Gasteiger partial charge is 0.309 e. The molecule has 0 bridgehead atoms. The Balaban J connectivity index is 1.62. The number of nitrogens with one attached hydrogen (secondary N) is 1. The summed E-state index contributed by atoms with van der Waals surface area (Å²) in [5, 5.41) is 3.64. The molecule has 0 radical (unpaired) electrons. The van der Waals surface area contributed by atoms with Gasteiger partial charge in [0.2, 0.25) is 15.9 Å². The van der Waals surface area contributed by atoms with E-state index in [1.807, 2.05) is 4.90 Å². The summed E-state index contributed by atoms with van der Waals surface area (Å²) in [6, 6.07) is 7.15. The van der Waals surface area contributed by atoms with Crippen molar-refractivity contribution in [3.8, 4) is 0 Å². The number of nitrogens with zero attached hydrogens (tertiary/aromatic N) is 3. The summed E-state index contributed by atoms with van der Waals surface area (Å²) >= 11 is 17.8. The molecular formula is C18H19Cl3N4O3S. The number of amides is 1. The molecule has 7 nitrogen and oxygen atoms in total. The van der Waals surface area contributed by atoms with Gasteiger partial charge in [-0.05, 0) is 37.3 Å². The molecule has 3 rings (SSSR count). The van der Waals surface area contributed by atoms with Crippen LogP contribution >= 0.6 is 34.8 Å². The summed E-state index contributed by atoms with van der Waals surface area (Å²) in [7, 11) is -3.77. The maximum absolute atomic E-state index is 12.9. The second kappa shape index (κ2) is 9.16. The highest BCUT2D eigenvalue weighted by Crippen LogP contribution is 2.28. The maximum Gasteiger partial charge on any atom is 0.244 e. The van der Waals surface area contributed by atoms with Crippen molar-refractivity contribution in [2.45, 2.75) is 17.9 Å². The summed E-state index contributed by atoms with van der Waals surface area (Å²) in [5.41, 5.74) is 0. The van der Waals surface area contributed by atoms with Gasteiger partial charge in [0.15, 0.2) is 0 Å². The van der Waals surface area contributed by atoms with Crippen molar-refractivity contribution >= 4 is 56.6 Å². The Morgan fingerprint density at radius 3 is 2.34 bits per heavy atom. The van der Waals surface area contributed by atoms with Gasteiger partial charge < -0.3 is 5.32 Å². The molecule has 0 unspecified atom stereocenters. The molecule has 2 aromatic rings. The summed E-state index contributed by atoms with van der Waals surface area (Å²) < 4.78 is 27.2. The van der Waals surface area contributed by atoms with Gasteiger partial charge >= 0.3 is 0 Å². The molecule has 1 atom stereocenters. The van der Waals surface area contributed by atoms with Crippen LogP contribution < -0.4 is 5.32 Å². The van der Waals surface area contributed by atoms with Gasteiger partial charge in [-0.15, -0.1) is 0 Å². The van der Waals surface area contributed by atoms with Crippen molar-refractivity contribution < 1.29 is 13.2 Å². The Labute approximate surface area is 184 Å². The average molecular weight is 478 g/mol. The monoisotopic (exact) mass is 476 g/mol. The normalized spacial score (nSPS) is 17.1. The zero-order valence-corrected chi connectivity index (χ0v) is 18.6. The summed E-state index contributed by atoms with van der Waals surface area (Å²) in [6.07, 6.45) is 1.45. The topological polar surface area (TPSA) is 82.6 Å². The summed E-state index contributed by atoms with van der Waals surface area (Å²) in [6.45, 7) is 3.05. The quantitative estimate of drug-likeness (QED) is 0.714. The van der Waals surface area contributed by atoms with Crippen molar-refractivity contribution in [1.82, 2.24) is 14.2 Å². The number of benzene rings is 1. The minimum Gasteiger partial charge on any atom is -0.309 e. The minimum absolute atomic E-state index is 0.0141. The smallest absolute Gasteiger partial charge is 0.244 e. The number of piperazine rings is 1. The molecule has 1 saturated heterocycles. The van der Waals surface area contributed by atoms with Gasteiger partial charge in [-0.25, -0.2) is 13.4 Å². The molecule has 1 aromatic heterocycles. The zero-order valence-electron chi connectivity index (χ0n) is 15.5. The van der Waals surface area contributed by atoms with E-state index in [2.05, 4.69) is 10.3 Å². The first-order chi connectivity index (χ1) is 13.7. The first-order valence-corrected chi connectivity index (χ1v) is 11.4. The second-order valence-corrected chi connectivity index (χ2v) is 9.73. The van der Waals surface area contributed by atoms with Crippen molar-refractivity contribution in [1.29, 1.82) is 0 Å². The SMILES string of the molecule is C[C@@H](C(=O)Nc1ccc(Cl)cn1)N1CCN(S(=O)(=O)c2cc(Cl)ccc2Cl)CC1. The van der Waals surface area contributed by atoms with E-state index in [0.717, 1.165) is 0 Å². The van der Waals surface area contributed by atoms with Gasteiger partial charge in [0.25, 0.3) is 0 Å². The van der Waals surface area contributed by atoms with Crippen LogP contribution in [0, 0.1) is 0 Å². The van der Waals surface area contributed by atoms with Crippen molar-refractivity contribution in [3.63, 3.8) is 0 Å². The molecule has 1 aliphatic rings. The third-order valence-electron chi connectivity index (χ3n) is 4.69. The van der Waals surface area contributed by atoms with Crippen molar-refractivity contribution in [2.75, 3.05) is 31.5 Å². The Morgan fingerprint density at radius 1 is 1.07 bits per heavy atom. The maximum atomic E-state index is 12.9. The van der Waals surface area contributed by atoms with Gasteiger partial charge in [-0.2, -0.15) is 4.31 Å². The Hall–Kier alpha value is -1.42. The molecule has 1 fully saturated rings. The number of carbonyl (C=O) groups is 1. The fourth-order valence-corrected chi connectivity index (χ4v) is 5.26. The lowest BCUT2D eigenvalue weighted by Gasteiger charge is -2.36. The van der Waals surface area contributed by atoms with E-state index in [1.54, 1.807) is 19.1 Å². The fourth-order valence-electron chi connectivity index (χ4n) is 2.99.